The highest BCUT2D eigenvalue weighted by atomic mass is 80.0. The van der Waals surface area contributed by atoms with Crippen molar-refractivity contribution in [2.45, 2.75) is 40.2 Å². The number of anilines is 2. The Morgan fingerprint density at radius 3 is 2.27 bits per heavy atom. The number of amides is 3. The van der Waals surface area contributed by atoms with E-state index >= 15 is 4.39 Å². The summed E-state index contributed by atoms with van der Waals surface area (Å²) >= 11 is 9.36. The molecule has 1 aromatic rings. The first-order chi connectivity index (χ1) is 17.0. The van der Waals surface area contributed by atoms with Gasteiger partial charge in [0.05, 0.1) is 19.6 Å². The molecular formula is C21H24Br3F4N5O4. The lowest BCUT2D eigenvalue weighted by Crippen LogP contribution is -2.68. The molecule has 2 heterocycles. The molecular weight excluding hydrogens is 702 g/mol. The predicted molar refractivity (Wildman–Crippen MR) is 139 cm³/mol. The van der Waals surface area contributed by atoms with Gasteiger partial charge in [-0.05, 0) is 31.2 Å². The highest BCUT2D eigenvalue weighted by Crippen LogP contribution is 2.42. The van der Waals surface area contributed by atoms with Crippen LogP contribution in [0.3, 0.4) is 0 Å². The van der Waals surface area contributed by atoms with Crippen LogP contribution < -0.4 is 20.4 Å². The number of halogens is 7. The molecule has 3 atom stereocenters. The molecule has 0 aliphatic carbocycles. The second-order valence-corrected chi connectivity index (χ2v) is 15.7. The topological polar surface area (TPSA) is 94.2 Å². The Balaban J connectivity index is 1.69. The van der Waals surface area contributed by atoms with Crippen molar-refractivity contribution in [2.24, 2.45) is 0 Å². The van der Waals surface area contributed by atoms with Crippen LogP contribution in [0.1, 0.15) is 13.8 Å². The molecule has 2 fully saturated rings. The smallest absolute Gasteiger partial charge is 0.442 e. The monoisotopic (exact) mass is 723 g/mol. The zero-order chi connectivity index (χ0) is 27.8. The molecule has 206 valence electrons. The fourth-order valence-corrected chi connectivity index (χ4v) is 5.17. The Morgan fingerprint density at radius 1 is 1.16 bits per heavy atom. The molecule has 37 heavy (non-hydrogen) atoms. The highest BCUT2D eigenvalue weighted by Gasteiger charge is 2.51. The van der Waals surface area contributed by atoms with E-state index < -0.39 is 38.4 Å². The molecule has 2 aliphatic rings. The van der Waals surface area contributed by atoms with Crippen LogP contribution in [0.4, 0.5) is 33.7 Å². The van der Waals surface area contributed by atoms with Gasteiger partial charge in [0.1, 0.15) is 12.3 Å². The standard InChI is InChI=1S/C21H24Br3F4N5O4/c1-12(34)29-9-15-10-32(18(36)37-15)14-5-3-13(4-6-14)31-7-8-33(19(2,25)11-31)16(20(22,23)24)30-17(35)21(26,27)28/h3-6,15-16H,7-11H2,1-2H3,(H,29,34)(H,30,35)/t15?,16-,19-/m1/s1. The van der Waals surface area contributed by atoms with E-state index in [2.05, 4.69) is 53.1 Å². The van der Waals surface area contributed by atoms with E-state index in [4.69, 9.17) is 4.74 Å². The maximum Gasteiger partial charge on any atom is 0.471 e. The van der Waals surface area contributed by atoms with Gasteiger partial charge in [0.2, 0.25) is 5.91 Å². The third-order valence-electron chi connectivity index (χ3n) is 5.82. The molecule has 2 aliphatic heterocycles. The van der Waals surface area contributed by atoms with Crippen LogP contribution in [0.25, 0.3) is 0 Å². The number of cyclic esters (lactones) is 1. The third kappa shape index (κ3) is 7.47. The number of hydrogen-bond donors (Lipinski definition) is 2. The maximum atomic E-state index is 15.8. The average molecular weight is 726 g/mol. The summed E-state index contributed by atoms with van der Waals surface area (Å²) in [6, 6.07) is 6.74. The van der Waals surface area contributed by atoms with Crippen molar-refractivity contribution in [1.82, 2.24) is 15.5 Å². The number of carbonyl (C=O) groups is 3. The lowest BCUT2D eigenvalue weighted by Gasteiger charge is -2.49. The molecule has 2 N–H and O–H groups in total. The summed E-state index contributed by atoms with van der Waals surface area (Å²) in [5.41, 5.74) is 1.19. The first-order valence-electron chi connectivity index (χ1n) is 11.0. The van der Waals surface area contributed by atoms with Crippen molar-refractivity contribution in [3.63, 3.8) is 0 Å². The van der Waals surface area contributed by atoms with Crippen molar-refractivity contribution in [1.29, 1.82) is 0 Å². The van der Waals surface area contributed by atoms with E-state index in [0.29, 0.717) is 11.4 Å². The quantitative estimate of drug-likeness (QED) is 0.264. The molecule has 2 saturated heterocycles. The Bertz CT molecular complexity index is 1020. The minimum atomic E-state index is -5.14. The van der Waals surface area contributed by atoms with Crippen LogP contribution in [0.5, 0.6) is 0 Å². The maximum absolute atomic E-state index is 15.8. The Labute approximate surface area is 235 Å². The fraction of sp³-hybridized carbons (Fsp3) is 0.571. The minimum Gasteiger partial charge on any atom is -0.442 e. The summed E-state index contributed by atoms with van der Waals surface area (Å²) in [6.07, 6.45) is -7.62. The van der Waals surface area contributed by atoms with Crippen LogP contribution in [0.15, 0.2) is 24.3 Å². The predicted octanol–water partition coefficient (Wildman–Crippen LogP) is 3.80. The molecule has 3 rings (SSSR count). The minimum absolute atomic E-state index is 0.0224. The van der Waals surface area contributed by atoms with Gasteiger partial charge in [0, 0.05) is 31.4 Å². The van der Waals surface area contributed by atoms with Gasteiger partial charge in [0.25, 0.3) is 0 Å². The highest BCUT2D eigenvalue weighted by molar-refractivity contribution is 9.39. The number of carbonyl (C=O) groups excluding carboxylic acids is 3. The summed E-state index contributed by atoms with van der Waals surface area (Å²) in [5.74, 6) is -4.58. The van der Waals surface area contributed by atoms with Gasteiger partial charge in [-0.25, -0.2) is 14.1 Å². The normalized spacial score (nSPS) is 24.0. The van der Waals surface area contributed by atoms with Crippen LogP contribution in [0, 0.1) is 0 Å². The van der Waals surface area contributed by atoms with E-state index in [0.717, 1.165) is 4.90 Å². The number of piperazine rings is 1. The fourth-order valence-electron chi connectivity index (χ4n) is 4.08. The molecule has 3 amide bonds. The van der Waals surface area contributed by atoms with E-state index in [1.807, 2.05) is 5.32 Å². The van der Waals surface area contributed by atoms with Crippen LogP contribution in [0.2, 0.25) is 0 Å². The molecule has 9 nitrogen and oxygen atoms in total. The summed E-state index contributed by atoms with van der Waals surface area (Å²) in [6.45, 7) is 3.03. The first kappa shape index (κ1) is 29.9. The van der Waals surface area contributed by atoms with E-state index in [9.17, 15) is 27.6 Å². The molecule has 0 spiro atoms. The molecule has 1 aromatic carbocycles. The molecule has 16 heteroatoms. The van der Waals surface area contributed by atoms with Crippen molar-refractivity contribution in [3.8, 4) is 0 Å². The largest absolute Gasteiger partial charge is 0.471 e. The summed E-state index contributed by atoms with van der Waals surface area (Å²) in [4.78, 5) is 39.2. The van der Waals surface area contributed by atoms with Crippen molar-refractivity contribution >= 4 is 77.1 Å². The Hall–Kier alpha value is -1.65. The Morgan fingerprint density at radius 2 is 1.76 bits per heavy atom. The number of rotatable bonds is 6. The second kappa shape index (κ2) is 11.2. The molecule has 0 aromatic heterocycles. The number of hydrogen-bond acceptors (Lipinski definition) is 6. The lowest BCUT2D eigenvalue weighted by atomic mass is 10.1. The second-order valence-electron chi connectivity index (χ2n) is 8.74. The number of alkyl halides is 7. The number of nitrogens with one attached hydrogen (secondary N) is 2. The van der Waals surface area contributed by atoms with Crippen LogP contribution in [-0.4, -0.2) is 81.9 Å². The zero-order valence-corrected chi connectivity index (χ0v) is 24.4. The van der Waals surface area contributed by atoms with Crippen molar-refractivity contribution in [3.05, 3.63) is 24.3 Å². The lowest BCUT2D eigenvalue weighted by molar-refractivity contribution is -0.177. The van der Waals surface area contributed by atoms with Gasteiger partial charge in [-0.1, -0.05) is 47.8 Å². The molecule has 0 radical (unpaired) electrons. The molecule has 1 unspecified atom stereocenters. The molecule has 0 bridgehead atoms. The SMILES string of the molecule is CC(=O)NCC1CN(c2ccc(N3CCN([C@@H](NC(=O)C(F)(F)F)C(Br)(Br)Br)[C@@](C)(F)C3)cc2)C(=O)O1. The van der Waals surface area contributed by atoms with Gasteiger partial charge in [0.15, 0.2) is 7.94 Å². The van der Waals surface area contributed by atoms with Gasteiger partial charge in [-0.2, -0.15) is 13.2 Å². The van der Waals surface area contributed by atoms with E-state index in [1.165, 1.54) is 18.7 Å². The summed E-state index contributed by atoms with van der Waals surface area (Å²) in [5, 5.41) is 4.43. The molecule has 0 saturated carbocycles. The average Bonchev–Trinajstić information content (AvgIpc) is 3.15. The Kier molecular flexibility index (Phi) is 9.07. The number of ether oxygens (including phenoxy) is 1. The first-order valence-corrected chi connectivity index (χ1v) is 13.3. The van der Waals surface area contributed by atoms with Crippen LogP contribution in [-0.2, 0) is 14.3 Å². The van der Waals surface area contributed by atoms with Gasteiger partial charge >= 0.3 is 18.2 Å². The van der Waals surface area contributed by atoms with Crippen molar-refractivity contribution < 1.29 is 36.7 Å². The summed E-state index contributed by atoms with van der Waals surface area (Å²) < 4.78 is 58.3. The zero-order valence-electron chi connectivity index (χ0n) is 19.6. The van der Waals surface area contributed by atoms with E-state index in [1.54, 1.807) is 29.2 Å². The number of benzene rings is 1. The van der Waals surface area contributed by atoms with Crippen LogP contribution >= 0.6 is 47.8 Å². The van der Waals surface area contributed by atoms with E-state index in [-0.39, 0.29) is 38.6 Å². The summed E-state index contributed by atoms with van der Waals surface area (Å²) in [7, 11) is 0. The van der Waals surface area contributed by atoms with Gasteiger partial charge in [-0.3, -0.25) is 14.5 Å². The van der Waals surface area contributed by atoms with Crippen molar-refractivity contribution in [2.75, 3.05) is 42.5 Å². The number of nitrogens with zero attached hydrogens (tertiary/aromatic N) is 3. The van der Waals surface area contributed by atoms with Gasteiger partial charge < -0.3 is 20.3 Å². The van der Waals surface area contributed by atoms with Gasteiger partial charge in [-0.15, -0.1) is 0 Å². The third-order valence-corrected chi connectivity index (χ3v) is 7.12.